The number of ether oxygens (including phenoxy) is 1. The second-order valence-corrected chi connectivity index (χ2v) is 4.48. The highest BCUT2D eigenvalue weighted by atomic mass is 35.5. The minimum atomic E-state index is 0.0124. The van der Waals surface area contributed by atoms with Gasteiger partial charge in [-0.25, -0.2) is 0 Å². The Morgan fingerprint density at radius 1 is 1.25 bits per heavy atom. The van der Waals surface area contributed by atoms with Gasteiger partial charge in [-0.1, -0.05) is 29.8 Å². The predicted octanol–water partition coefficient (Wildman–Crippen LogP) is 3.56. The van der Waals surface area contributed by atoms with Crippen LogP contribution in [0.15, 0.2) is 42.5 Å². The van der Waals surface area contributed by atoms with Crippen molar-refractivity contribution >= 4 is 17.3 Å². The number of hydrogen-bond acceptors (Lipinski definition) is 4. The van der Waals surface area contributed by atoms with Crippen molar-refractivity contribution < 1.29 is 9.84 Å². The minimum absolute atomic E-state index is 0.0124. The van der Waals surface area contributed by atoms with Gasteiger partial charge in [0.1, 0.15) is 17.6 Å². The molecule has 0 unspecified atom stereocenters. The van der Waals surface area contributed by atoms with Crippen molar-refractivity contribution in [2.75, 3.05) is 11.9 Å². The molecule has 0 aliphatic carbocycles. The van der Waals surface area contributed by atoms with Gasteiger partial charge < -0.3 is 15.2 Å². The third-order valence-corrected chi connectivity index (χ3v) is 3.00. The number of nitriles is 1. The molecule has 0 atom stereocenters. The van der Waals surface area contributed by atoms with Crippen LogP contribution in [-0.4, -0.2) is 11.7 Å². The molecule has 2 aromatic rings. The van der Waals surface area contributed by atoms with Crippen molar-refractivity contribution in [2.24, 2.45) is 0 Å². The molecule has 5 heteroatoms. The van der Waals surface area contributed by atoms with Gasteiger partial charge in [-0.05, 0) is 18.2 Å². The average Bonchev–Trinajstić information content (AvgIpc) is 2.47. The first-order chi connectivity index (χ1) is 9.70. The maximum Gasteiger partial charge on any atom is 0.174 e. The van der Waals surface area contributed by atoms with E-state index >= 15 is 0 Å². The first kappa shape index (κ1) is 14.0. The van der Waals surface area contributed by atoms with Gasteiger partial charge >= 0.3 is 0 Å². The monoisotopic (exact) mass is 288 g/mol. The van der Waals surface area contributed by atoms with Crippen LogP contribution < -0.4 is 10.1 Å². The summed E-state index contributed by atoms with van der Waals surface area (Å²) in [5, 5.41) is 21.8. The molecule has 20 heavy (non-hydrogen) atoms. The van der Waals surface area contributed by atoms with E-state index in [-0.39, 0.29) is 12.4 Å². The molecule has 0 bridgehead atoms. The molecule has 102 valence electrons. The summed E-state index contributed by atoms with van der Waals surface area (Å²) in [4.78, 5) is 0. The third-order valence-electron chi connectivity index (χ3n) is 2.69. The SMILES string of the molecule is N#CCOc1cccc(NCc2cccc(Cl)c2O)c1. The Bertz CT molecular complexity index is 638. The van der Waals surface area contributed by atoms with E-state index in [1.54, 1.807) is 30.3 Å². The number of aromatic hydroxyl groups is 1. The molecule has 2 aromatic carbocycles. The van der Waals surface area contributed by atoms with Crippen molar-refractivity contribution in [3.63, 3.8) is 0 Å². The zero-order chi connectivity index (χ0) is 14.4. The molecule has 0 heterocycles. The van der Waals surface area contributed by atoms with Crippen molar-refractivity contribution in [3.8, 4) is 17.6 Å². The lowest BCUT2D eigenvalue weighted by Crippen LogP contribution is -2.00. The van der Waals surface area contributed by atoms with E-state index in [0.717, 1.165) is 5.69 Å². The first-order valence-electron chi connectivity index (χ1n) is 6.01. The number of rotatable bonds is 5. The fraction of sp³-hybridized carbons (Fsp3) is 0.133. The normalized spacial score (nSPS) is 9.80. The largest absolute Gasteiger partial charge is 0.506 e. The number of hydrogen-bond donors (Lipinski definition) is 2. The van der Waals surface area contributed by atoms with E-state index in [1.807, 2.05) is 18.2 Å². The summed E-state index contributed by atoms with van der Waals surface area (Å²) in [6.07, 6.45) is 0. The Morgan fingerprint density at radius 2 is 2.05 bits per heavy atom. The zero-order valence-corrected chi connectivity index (χ0v) is 11.4. The molecule has 0 aliphatic heterocycles. The van der Waals surface area contributed by atoms with Gasteiger partial charge in [0.15, 0.2) is 6.61 Å². The standard InChI is InChI=1S/C15H13ClN2O2/c16-14-6-1-3-11(15(14)19)10-18-12-4-2-5-13(9-12)20-8-7-17/h1-6,9,18-19H,8,10H2. The maximum atomic E-state index is 9.81. The van der Waals surface area contributed by atoms with Crippen LogP contribution in [0.1, 0.15) is 5.56 Å². The Morgan fingerprint density at radius 3 is 2.85 bits per heavy atom. The molecule has 0 aliphatic rings. The van der Waals surface area contributed by atoms with Crippen LogP contribution in [0.2, 0.25) is 5.02 Å². The summed E-state index contributed by atoms with van der Waals surface area (Å²) < 4.78 is 5.22. The van der Waals surface area contributed by atoms with Crippen molar-refractivity contribution in [2.45, 2.75) is 6.54 Å². The summed E-state index contributed by atoms with van der Waals surface area (Å²) in [6.45, 7) is 0.451. The van der Waals surface area contributed by atoms with Crippen LogP contribution in [0.4, 0.5) is 5.69 Å². The number of benzene rings is 2. The smallest absolute Gasteiger partial charge is 0.174 e. The molecular formula is C15H13ClN2O2. The van der Waals surface area contributed by atoms with Crippen LogP contribution in [0.3, 0.4) is 0 Å². The molecule has 0 fully saturated rings. The van der Waals surface area contributed by atoms with E-state index in [1.165, 1.54) is 0 Å². The maximum absolute atomic E-state index is 9.81. The Hall–Kier alpha value is -2.38. The van der Waals surface area contributed by atoms with E-state index in [4.69, 9.17) is 21.6 Å². The highest BCUT2D eigenvalue weighted by Gasteiger charge is 2.05. The summed E-state index contributed by atoms with van der Waals surface area (Å²) in [5.41, 5.74) is 1.54. The lowest BCUT2D eigenvalue weighted by molar-refractivity contribution is 0.368. The minimum Gasteiger partial charge on any atom is -0.506 e. The molecule has 0 aromatic heterocycles. The zero-order valence-electron chi connectivity index (χ0n) is 10.6. The molecule has 0 saturated heterocycles. The van der Waals surface area contributed by atoms with E-state index in [2.05, 4.69) is 5.32 Å². The second kappa shape index (κ2) is 6.69. The lowest BCUT2D eigenvalue weighted by Gasteiger charge is -2.10. The summed E-state index contributed by atoms with van der Waals surface area (Å²) in [7, 11) is 0. The molecule has 2 N–H and O–H groups in total. The Balaban J connectivity index is 2.04. The number of phenolic OH excluding ortho intramolecular Hbond substituents is 1. The van der Waals surface area contributed by atoms with Gasteiger partial charge in [0.25, 0.3) is 0 Å². The van der Waals surface area contributed by atoms with Gasteiger partial charge in [-0.3, -0.25) is 0 Å². The molecule has 2 rings (SSSR count). The Kier molecular flexibility index (Phi) is 4.70. The number of para-hydroxylation sites is 1. The first-order valence-corrected chi connectivity index (χ1v) is 6.38. The number of nitrogens with zero attached hydrogens (tertiary/aromatic N) is 1. The number of halogens is 1. The molecular weight excluding hydrogens is 276 g/mol. The second-order valence-electron chi connectivity index (χ2n) is 4.08. The molecule has 0 spiro atoms. The van der Waals surface area contributed by atoms with Crippen molar-refractivity contribution in [1.82, 2.24) is 0 Å². The summed E-state index contributed by atoms with van der Waals surface area (Å²) >= 11 is 5.85. The van der Waals surface area contributed by atoms with E-state index in [9.17, 15) is 5.11 Å². The molecule has 4 nitrogen and oxygen atoms in total. The van der Waals surface area contributed by atoms with Crippen LogP contribution in [-0.2, 0) is 6.54 Å². The van der Waals surface area contributed by atoms with Crippen LogP contribution >= 0.6 is 11.6 Å². The third kappa shape index (κ3) is 3.56. The number of nitrogens with one attached hydrogen (secondary N) is 1. The van der Waals surface area contributed by atoms with Crippen LogP contribution in [0.5, 0.6) is 11.5 Å². The van der Waals surface area contributed by atoms with Gasteiger partial charge in [0.05, 0.1) is 5.02 Å². The van der Waals surface area contributed by atoms with Crippen molar-refractivity contribution in [1.29, 1.82) is 5.26 Å². The highest BCUT2D eigenvalue weighted by molar-refractivity contribution is 6.32. The topological polar surface area (TPSA) is 65.3 Å². The quantitative estimate of drug-likeness (QED) is 0.883. The van der Waals surface area contributed by atoms with Gasteiger partial charge in [-0.15, -0.1) is 0 Å². The molecule has 0 radical (unpaired) electrons. The summed E-state index contributed by atoms with van der Waals surface area (Å²) in [6, 6.07) is 14.4. The highest BCUT2D eigenvalue weighted by Crippen LogP contribution is 2.27. The average molecular weight is 289 g/mol. The van der Waals surface area contributed by atoms with E-state index < -0.39 is 0 Å². The molecule has 0 saturated carbocycles. The number of phenols is 1. The summed E-state index contributed by atoms with van der Waals surface area (Å²) in [5.74, 6) is 0.699. The van der Waals surface area contributed by atoms with Crippen LogP contribution in [0, 0.1) is 11.3 Å². The molecule has 0 amide bonds. The van der Waals surface area contributed by atoms with Crippen LogP contribution in [0.25, 0.3) is 0 Å². The fourth-order valence-corrected chi connectivity index (χ4v) is 1.91. The fourth-order valence-electron chi connectivity index (χ4n) is 1.71. The van der Waals surface area contributed by atoms with E-state index in [0.29, 0.717) is 22.9 Å². The predicted molar refractivity (Wildman–Crippen MR) is 78.0 cm³/mol. The Labute approximate surface area is 122 Å². The number of anilines is 1. The van der Waals surface area contributed by atoms with Gasteiger partial charge in [0, 0.05) is 23.9 Å². The van der Waals surface area contributed by atoms with Gasteiger partial charge in [0.2, 0.25) is 0 Å². The van der Waals surface area contributed by atoms with Gasteiger partial charge in [-0.2, -0.15) is 5.26 Å². The lowest BCUT2D eigenvalue weighted by atomic mass is 10.2. The van der Waals surface area contributed by atoms with Crippen molar-refractivity contribution in [3.05, 3.63) is 53.1 Å².